The second-order valence-electron chi connectivity index (χ2n) is 4.40. The van der Waals surface area contributed by atoms with E-state index >= 15 is 0 Å². The van der Waals surface area contributed by atoms with Crippen LogP contribution in [0.25, 0.3) is 0 Å². The van der Waals surface area contributed by atoms with Gasteiger partial charge in [0, 0.05) is 17.6 Å². The van der Waals surface area contributed by atoms with E-state index in [1.807, 2.05) is 13.8 Å². The predicted molar refractivity (Wildman–Crippen MR) is 63.6 cm³/mol. The summed E-state index contributed by atoms with van der Waals surface area (Å²) in [4.78, 5) is 11.7. The van der Waals surface area contributed by atoms with Gasteiger partial charge in [0.1, 0.15) is 5.75 Å². The Kier molecular flexibility index (Phi) is 3.90. The highest BCUT2D eigenvalue weighted by Crippen LogP contribution is 2.12. The third-order valence-electron chi connectivity index (χ3n) is 2.04. The molecule has 0 unspecified atom stereocenters. The molecule has 0 bridgehead atoms. The van der Waals surface area contributed by atoms with Crippen molar-refractivity contribution in [2.24, 2.45) is 5.73 Å². The van der Waals surface area contributed by atoms with Crippen molar-refractivity contribution in [1.29, 1.82) is 0 Å². The summed E-state index contributed by atoms with van der Waals surface area (Å²) in [5.41, 5.74) is 5.94. The van der Waals surface area contributed by atoms with Gasteiger partial charge in [-0.05, 0) is 32.0 Å². The van der Waals surface area contributed by atoms with Crippen LogP contribution < -0.4 is 15.8 Å². The Bertz CT molecular complexity index is 370. The van der Waals surface area contributed by atoms with Gasteiger partial charge < -0.3 is 15.8 Å². The Morgan fingerprint density at radius 2 is 2.19 bits per heavy atom. The summed E-state index contributed by atoms with van der Waals surface area (Å²) < 4.78 is 5.05. The van der Waals surface area contributed by atoms with E-state index in [4.69, 9.17) is 10.5 Å². The number of methoxy groups -OCH3 is 1. The standard InChI is InChI=1S/C12H18N2O2/c1-12(2,13)8-14-11(15)9-5-4-6-10(7-9)16-3/h4-7H,8,13H2,1-3H3,(H,14,15). The minimum absolute atomic E-state index is 0.141. The molecule has 16 heavy (non-hydrogen) atoms. The molecule has 1 aromatic rings. The number of carbonyl (C=O) groups is 1. The first-order valence-corrected chi connectivity index (χ1v) is 5.13. The lowest BCUT2D eigenvalue weighted by Crippen LogP contribution is -2.45. The molecule has 0 saturated carbocycles. The van der Waals surface area contributed by atoms with Crippen LogP contribution in [0.2, 0.25) is 0 Å². The highest BCUT2D eigenvalue weighted by Gasteiger charge is 2.13. The van der Waals surface area contributed by atoms with Crippen LogP contribution >= 0.6 is 0 Å². The second-order valence-corrected chi connectivity index (χ2v) is 4.40. The molecule has 1 aromatic carbocycles. The largest absolute Gasteiger partial charge is 0.497 e. The lowest BCUT2D eigenvalue weighted by Gasteiger charge is -2.18. The zero-order valence-electron chi connectivity index (χ0n) is 9.91. The van der Waals surface area contributed by atoms with Crippen LogP contribution in [0, 0.1) is 0 Å². The molecule has 0 heterocycles. The third kappa shape index (κ3) is 3.90. The first kappa shape index (κ1) is 12.5. The predicted octanol–water partition coefficient (Wildman–Crippen LogP) is 1.16. The van der Waals surface area contributed by atoms with E-state index < -0.39 is 5.54 Å². The Balaban J connectivity index is 2.66. The number of amides is 1. The SMILES string of the molecule is COc1cccc(C(=O)NCC(C)(C)N)c1. The van der Waals surface area contributed by atoms with Crippen molar-refractivity contribution >= 4 is 5.91 Å². The van der Waals surface area contributed by atoms with Crippen LogP contribution in [0.4, 0.5) is 0 Å². The maximum Gasteiger partial charge on any atom is 0.251 e. The molecular formula is C12H18N2O2. The van der Waals surface area contributed by atoms with Crippen LogP contribution in [-0.4, -0.2) is 25.1 Å². The van der Waals surface area contributed by atoms with Crippen LogP contribution in [0.15, 0.2) is 24.3 Å². The van der Waals surface area contributed by atoms with E-state index in [1.54, 1.807) is 31.4 Å². The minimum atomic E-state index is -0.408. The molecule has 0 spiro atoms. The van der Waals surface area contributed by atoms with Gasteiger partial charge in [0.2, 0.25) is 0 Å². The van der Waals surface area contributed by atoms with Crippen molar-refractivity contribution in [2.45, 2.75) is 19.4 Å². The fraction of sp³-hybridized carbons (Fsp3) is 0.417. The molecule has 1 amide bonds. The summed E-state index contributed by atoms with van der Waals surface area (Å²) in [6.45, 7) is 4.15. The van der Waals surface area contributed by atoms with E-state index in [2.05, 4.69) is 5.32 Å². The lowest BCUT2D eigenvalue weighted by atomic mass is 10.1. The summed E-state index contributed by atoms with van der Waals surface area (Å²) in [7, 11) is 1.57. The van der Waals surface area contributed by atoms with Crippen molar-refractivity contribution in [3.05, 3.63) is 29.8 Å². The number of benzene rings is 1. The smallest absolute Gasteiger partial charge is 0.251 e. The van der Waals surface area contributed by atoms with Gasteiger partial charge in [-0.2, -0.15) is 0 Å². The Hall–Kier alpha value is -1.55. The first-order valence-electron chi connectivity index (χ1n) is 5.13. The van der Waals surface area contributed by atoms with Crippen LogP contribution in [-0.2, 0) is 0 Å². The van der Waals surface area contributed by atoms with Gasteiger partial charge in [0.15, 0.2) is 0 Å². The van der Waals surface area contributed by atoms with Crippen molar-refractivity contribution in [2.75, 3.05) is 13.7 Å². The summed E-state index contributed by atoms with van der Waals surface area (Å²) in [6, 6.07) is 7.01. The molecule has 0 aromatic heterocycles. The Labute approximate surface area is 95.8 Å². The second kappa shape index (κ2) is 4.99. The lowest BCUT2D eigenvalue weighted by molar-refractivity contribution is 0.0945. The van der Waals surface area contributed by atoms with Gasteiger partial charge in [0.25, 0.3) is 5.91 Å². The third-order valence-corrected chi connectivity index (χ3v) is 2.04. The highest BCUT2D eigenvalue weighted by molar-refractivity contribution is 5.94. The van der Waals surface area contributed by atoms with Crippen LogP contribution in [0.5, 0.6) is 5.75 Å². The van der Waals surface area contributed by atoms with E-state index in [0.29, 0.717) is 17.9 Å². The molecule has 0 aliphatic heterocycles. The van der Waals surface area contributed by atoms with Crippen molar-refractivity contribution in [3.63, 3.8) is 0 Å². The van der Waals surface area contributed by atoms with Gasteiger partial charge >= 0.3 is 0 Å². The number of nitrogens with one attached hydrogen (secondary N) is 1. The molecule has 4 heteroatoms. The number of nitrogens with two attached hydrogens (primary N) is 1. The molecule has 0 radical (unpaired) electrons. The van der Waals surface area contributed by atoms with Gasteiger partial charge in [-0.3, -0.25) is 4.79 Å². The van der Waals surface area contributed by atoms with Crippen molar-refractivity contribution in [1.82, 2.24) is 5.32 Å². The maximum absolute atomic E-state index is 11.7. The molecule has 0 saturated heterocycles. The zero-order chi connectivity index (χ0) is 12.2. The van der Waals surface area contributed by atoms with Gasteiger partial charge in [0.05, 0.1) is 7.11 Å². The molecule has 0 fully saturated rings. The molecule has 88 valence electrons. The fourth-order valence-corrected chi connectivity index (χ4v) is 1.17. The quantitative estimate of drug-likeness (QED) is 0.803. The van der Waals surface area contributed by atoms with Crippen LogP contribution in [0.1, 0.15) is 24.2 Å². The number of rotatable bonds is 4. The van der Waals surface area contributed by atoms with Crippen LogP contribution in [0.3, 0.4) is 0 Å². The first-order chi connectivity index (χ1) is 7.42. The monoisotopic (exact) mass is 222 g/mol. The number of hydrogen-bond donors (Lipinski definition) is 2. The number of ether oxygens (including phenoxy) is 1. The molecule has 0 aliphatic carbocycles. The molecular weight excluding hydrogens is 204 g/mol. The van der Waals surface area contributed by atoms with Crippen molar-refractivity contribution in [3.8, 4) is 5.75 Å². The Morgan fingerprint density at radius 1 is 1.50 bits per heavy atom. The fourth-order valence-electron chi connectivity index (χ4n) is 1.17. The summed E-state index contributed by atoms with van der Waals surface area (Å²) >= 11 is 0. The summed E-state index contributed by atoms with van der Waals surface area (Å²) in [5.74, 6) is 0.525. The van der Waals surface area contributed by atoms with E-state index in [1.165, 1.54) is 0 Å². The van der Waals surface area contributed by atoms with Gasteiger partial charge in [-0.1, -0.05) is 6.07 Å². The highest BCUT2D eigenvalue weighted by atomic mass is 16.5. The molecule has 4 nitrogen and oxygen atoms in total. The molecule has 0 atom stereocenters. The van der Waals surface area contributed by atoms with E-state index in [9.17, 15) is 4.79 Å². The van der Waals surface area contributed by atoms with E-state index in [-0.39, 0.29) is 5.91 Å². The average Bonchev–Trinajstić information content (AvgIpc) is 2.25. The zero-order valence-corrected chi connectivity index (χ0v) is 9.91. The average molecular weight is 222 g/mol. The van der Waals surface area contributed by atoms with Gasteiger partial charge in [-0.25, -0.2) is 0 Å². The van der Waals surface area contributed by atoms with Gasteiger partial charge in [-0.15, -0.1) is 0 Å². The van der Waals surface area contributed by atoms with E-state index in [0.717, 1.165) is 0 Å². The number of hydrogen-bond acceptors (Lipinski definition) is 3. The summed E-state index contributed by atoms with van der Waals surface area (Å²) in [5, 5.41) is 2.77. The normalized spacial score (nSPS) is 11.0. The molecule has 0 aliphatic rings. The minimum Gasteiger partial charge on any atom is -0.497 e. The molecule has 1 rings (SSSR count). The topological polar surface area (TPSA) is 64.3 Å². The summed E-state index contributed by atoms with van der Waals surface area (Å²) in [6.07, 6.45) is 0. The van der Waals surface area contributed by atoms with Crippen molar-refractivity contribution < 1.29 is 9.53 Å². The maximum atomic E-state index is 11.7. The molecule has 3 N–H and O–H groups in total. The number of carbonyl (C=O) groups excluding carboxylic acids is 1. The Morgan fingerprint density at radius 3 is 2.75 bits per heavy atom.